The van der Waals surface area contributed by atoms with Crippen molar-refractivity contribution in [2.45, 2.75) is 63.6 Å². The van der Waals surface area contributed by atoms with Gasteiger partial charge in [-0.3, -0.25) is 28.8 Å². The largest absolute Gasteiger partial charge is 0.493 e. The van der Waals surface area contributed by atoms with E-state index in [4.69, 9.17) is 87.3 Å². The number of ether oxygens (including phenoxy) is 5. The molecule has 119 heavy (non-hydrogen) atoms. The van der Waals surface area contributed by atoms with Crippen LogP contribution in [0.3, 0.4) is 0 Å². The Morgan fingerprint density at radius 1 is 0.471 bits per heavy atom. The molecule has 3 atom stereocenters. The number of methoxy groups -OCH3 is 2. The number of nitrogen functional groups attached to an aromatic ring is 3. The van der Waals surface area contributed by atoms with Crippen LogP contribution in [0.1, 0.15) is 62.2 Å². The molecule has 28 nitrogen and oxygen atoms in total. The number of para-hydroxylation sites is 1. The number of aromatic amines is 3. The molecule has 3 amide bonds. The topological polar surface area (TPSA) is 344 Å². The number of H-pyrrole nitrogens is 3. The second-order valence-electron chi connectivity index (χ2n) is 29.6. The van der Waals surface area contributed by atoms with E-state index in [1.807, 2.05) is 172 Å². The van der Waals surface area contributed by atoms with E-state index in [1.54, 1.807) is 79.8 Å². The van der Waals surface area contributed by atoms with Gasteiger partial charge in [-0.15, -0.1) is 0 Å². The summed E-state index contributed by atoms with van der Waals surface area (Å²) < 4.78 is 35.1. The zero-order valence-electron chi connectivity index (χ0n) is 66.7. The van der Waals surface area contributed by atoms with E-state index < -0.39 is 0 Å². The van der Waals surface area contributed by atoms with Gasteiger partial charge in [0.05, 0.1) is 63.6 Å². The number of carbonyl (C=O) groups is 3. The van der Waals surface area contributed by atoms with E-state index in [1.165, 1.54) is 6.08 Å². The van der Waals surface area contributed by atoms with Gasteiger partial charge in [0, 0.05) is 111 Å². The molecule has 3 saturated heterocycles. The standard InChI is InChI=1S/C30H32Cl2N6O4.C29H31ClN6O3.C28H28ClN5O4/c1-36(2)12-5-7-26(39)37-13-4-6-19(16-37)38-17-21(27-28(38)30(40)35-34-29(27)33)18-8-11-24(25(14-18)41-3)42-20-9-10-22(31)23(32)15-20;1-34(2)15-6-10-25(37)35-16-5-7-20(17-35)36-18-22(26-27(36)29(38)33-32-28(26)31)19-11-13-21(14-12-19)39-24-9-4-3-8-23(24)30;1-4-24(35)33-11-5-6-18(14-33)34-15-20(25-26(34)28(36)32-31-27(25)30)17-8-10-22(23(12-17)37-3)38-19-9-7-16(2)21(29)13-19/h5,7-11,14-15,17,19H,4,6,12-13,16H2,1-3H3,(H2,33,34)(H,35,40);3-4,6,8-14,18,20H,5,7,15-17H2,1-2H3,(H2,31,32)(H,33,38);4,7-10,12-13,15,18H,1,5-6,11,14H2,2-3H3,(H2,30,31)(H,32,36)/b7-5+;10-6+;/t19-;20-;18-/m111/s1. The number of rotatable bonds is 21. The molecular weight excluding hydrogens is 1600 g/mol. The van der Waals surface area contributed by atoms with Crippen LogP contribution >= 0.6 is 46.4 Å². The maximum absolute atomic E-state index is 13.1. The number of benzene rings is 6. The van der Waals surface area contributed by atoms with E-state index in [2.05, 4.69) is 37.2 Å². The number of likely N-dealkylation sites (N-methyl/N-ethyl adjacent to an activating group) is 2. The minimum Gasteiger partial charge on any atom is -0.493 e. The van der Waals surface area contributed by atoms with Crippen molar-refractivity contribution in [1.82, 2.24) is 68.8 Å². The van der Waals surface area contributed by atoms with E-state index >= 15 is 0 Å². The van der Waals surface area contributed by atoms with Crippen molar-refractivity contribution in [3.63, 3.8) is 0 Å². The molecule has 0 saturated carbocycles. The average molecular weight is 1690 g/mol. The summed E-state index contributed by atoms with van der Waals surface area (Å²) >= 11 is 24.7. The summed E-state index contributed by atoms with van der Waals surface area (Å²) in [5.74, 6) is 4.66. The third-order valence-corrected chi connectivity index (χ3v) is 22.4. The summed E-state index contributed by atoms with van der Waals surface area (Å²) in [5.41, 5.74) is 24.8. The zero-order chi connectivity index (χ0) is 84.5. The van der Waals surface area contributed by atoms with Gasteiger partial charge in [0.2, 0.25) is 17.7 Å². The fourth-order valence-corrected chi connectivity index (χ4v) is 15.7. The average Bonchev–Trinajstić information content (AvgIpc) is 1.61. The van der Waals surface area contributed by atoms with Crippen LogP contribution in [0.4, 0.5) is 17.5 Å². The SMILES string of the molecule is C=CC(=O)N1CCC[C@@H](n2cc(-c3ccc(Oc4ccc(C)c(Cl)c4)c(OC)c3)c3c(N)n[nH]c(=O)c32)C1.CN(C)C/C=C/C(=O)N1CCC[C@@H](n2cc(-c3ccc(Oc4ccccc4Cl)cc3)c3c(N)n[nH]c(=O)c32)C1.COc1cc(-c2cn([C@@H]3CCCN(C(=O)/C=C/CN(C)C)C3)c3c(=O)[nH]nc(N)c23)ccc1Oc1ccc(Cl)c(Cl)c1. The Bertz CT molecular complexity index is 6050. The molecule has 0 unspecified atom stereocenters. The fraction of sp³-hybridized carbons (Fsp3) is 0.276. The number of halogens is 4. The Hall–Kier alpha value is -12.3. The lowest BCUT2D eigenvalue weighted by Gasteiger charge is -2.33. The number of amides is 3. The number of nitrogens with one attached hydrogen (secondary N) is 3. The van der Waals surface area contributed by atoms with E-state index in [-0.39, 0.29) is 70.0 Å². The number of nitrogens with zero attached hydrogens (tertiary/aromatic N) is 11. The van der Waals surface area contributed by atoms with Crippen molar-refractivity contribution in [3.05, 3.63) is 234 Å². The summed E-state index contributed by atoms with van der Waals surface area (Å²) in [6.45, 7) is 10.3. The van der Waals surface area contributed by atoms with Crippen molar-refractivity contribution in [2.75, 3.05) is 112 Å². The lowest BCUT2D eigenvalue weighted by molar-refractivity contribution is -0.128. The Morgan fingerprint density at radius 2 is 0.857 bits per heavy atom. The Balaban J connectivity index is 0.000000155. The number of fused-ring (bicyclic) bond motifs is 3. The van der Waals surface area contributed by atoms with E-state index in [0.29, 0.717) is 151 Å². The minimum atomic E-state index is -0.355. The molecule has 9 N–H and O–H groups in total. The second kappa shape index (κ2) is 37.5. The quantitative estimate of drug-likeness (QED) is 0.0364. The van der Waals surface area contributed by atoms with Crippen molar-refractivity contribution in [1.29, 1.82) is 0 Å². The highest BCUT2D eigenvalue weighted by molar-refractivity contribution is 6.42. The third kappa shape index (κ3) is 19.1. The maximum atomic E-state index is 13.1. The number of anilines is 3. The maximum Gasteiger partial charge on any atom is 0.288 e. The van der Waals surface area contributed by atoms with Gasteiger partial charge < -0.3 is 79.1 Å². The number of hydrogen-bond acceptors (Lipinski definition) is 19. The van der Waals surface area contributed by atoms with Gasteiger partial charge in [-0.05, 0) is 175 Å². The third-order valence-electron chi connectivity index (χ3n) is 21.0. The lowest BCUT2D eigenvalue weighted by Crippen LogP contribution is -2.40. The van der Waals surface area contributed by atoms with Crippen LogP contribution in [-0.2, 0) is 14.4 Å². The number of likely N-dealkylation sites (tertiary alicyclic amines) is 3. The van der Waals surface area contributed by atoms with E-state index in [0.717, 1.165) is 77.5 Å². The second-order valence-corrected chi connectivity index (χ2v) is 31.2. The van der Waals surface area contributed by atoms with E-state index in [9.17, 15) is 28.8 Å². The van der Waals surface area contributed by atoms with Crippen molar-refractivity contribution in [2.24, 2.45) is 0 Å². The number of piperidine rings is 3. The van der Waals surface area contributed by atoms with Crippen LogP contribution in [0, 0.1) is 6.92 Å². The number of carbonyl (C=O) groups excluding carboxylic acids is 3. The molecule has 618 valence electrons. The molecule has 3 aliphatic rings. The monoisotopic (exact) mass is 1690 g/mol. The van der Waals surface area contributed by atoms with Crippen molar-refractivity contribution in [3.8, 4) is 79.4 Å². The van der Waals surface area contributed by atoms with Crippen LogP contribution in [0.25, 0.3) is 66.1 Å². The highest BCUT2D eigenvalue weighted by Crippen LogP contribution is 2.45. The molecule has 0 spiro atoms. The molecular formula is C87H91Cl4N17O11. The van der Waals surface area contributed by atoms with Gasteiger partial charge in [-0.25, -0.2) is 15.3 Å². The molecule has 3 fully saturated rings. The summed E-state index contributed by atoms with van der Waals surface area (Å²) in [6.07, 6.45) is 18.9. The van der Waals surface area contributed by atoms with Gasteiger partial charge in [0.1, 0.15) is 39.5 Å². The molecule has 6 aromatic heterocycles. The lowest BCUT2D eigenvalue weighted by atomic mass is 10.0. The number of aryl methyl sites for hydroxylation is 1. The summed E-state index contributed by atoms with van der Waals surface area (Å²) in [7, 11) is 10.9. The van der Waals surface area contributed by atoms with Crippen LogP contribution in [-0.4, -0.2) is 181 Å². The number of aromatic nitrogens is 9. The first-order valence-electron chi connectivity index (χ1n) is 38.5. The van der Waals surface area contributed by atoms with Gasteiger partial charge in [0.25, 0.3) is 16.7 Å². The normalized spacial score (nSPS) is 15.6. The highest BCUT2D eigenvalue weighted by Gasteiger charge is 2.32. The molecule has 0 bridgehead atoms. The molecule has 32 heteroatoms. The summed E-state index contributed by atoms with van der Waals surface area (Å²) in [5, 5.41) is 23.2. The fourth-order valence-electron chi connectivity index (χ4n) is 15.1. The Kier molecular flexibility index (Phi) is 26.7. The minimum absolute atomic E-state index is 0.0255. The van der Waals surface area contributed by atoms with Crippen LogP contribution in [0.5, 0.6) is 46.0 Å². The smallest absolute Gasteiger partial charge is 0.288 e. The molecule has 9 heterocycles. The Labute approximate surface area is 705 Å². The summed E-state index contributed by atoms with van der Waals surface area (Å²) in [6, 6.07) is 35.9. The number of nitrogens with two attached hydrogens (primary N) is 3. The molecule has 6 aromatic carbocycles. The summed E-state index contributed by atoms with van der Waals surface area (Å²) in [4.78, 5) is 86.6. The first kappa shape index (κ1) is 84.6. The molecule has 3 aliphatic heterocycles. The van der Waals surface area contributed by atoms with Gasteiger partial charge in [-0.2, -0.15) is 15.3 Å². The molecule has 0 aliphatic carbocycles. The number of hydrogen-bond donors (Lipinski definition) is 6. The molecule has 12 aromatic rings. The van der Waals surface area contributed by atoms with Gasteiger partial charge in [-0.1, -0.05) is 108 Å². The molecule has 15 rings (SSSR count). The first-order valence-corrected chi connectivity index (χ1v) is 40.0. The van der Waals surface area contributed by atoms with Crippen LogP contribution in [0.15, 0.2) is 191 Å². The highest BCUT2D eigenvalue weighted by atomic mass is 35.5. The first-order chi connectivity index (χ1) is 57.3. The van der Waals surface area contributed by atoms with Crippen molar-refractivity contribution >= 4 is 114 Å². The van der Waals surface area contributed by atoms with Gasteiger partial charge >= 0.3 is 0 Å². The van der Waals surface area contributed by atoms with Gasteiger partial charge in [0.15, 0.2) is 40.5 Å². The van der Waals surface area contributed by atoms with Crippen molar-refractivity contribution < 1.29 is 38.1 Å². The zero-order valence-corrected chi connectivity index (χ0v) is 69.7. The predicted octanol–water partition coefficient (Wildman–Crippen LogP) is 15.1. The van der Waals surface area contributed by atoms with Crippen LogP contribution in [0.2, 0.25) is 20.1 Å². The van der Waals surface area contributed by atoms with Crippen LogP contribution < -0.4 is 57.6 Å². The Morgan fingerprint density at radius 3 is 1.26 bits per heavy atom. The predicted molar refractivity (Wildman–Crippen MR) is 468 cm³/mol. The molecule has 0 radical (unpaired) electrons.